The molecule has 0 saturated heterocycles. The summed E-state index contributed by atoms with van der Waals surface area (Å²) in [5, 5.41) is 9.78. The molecule has 2 heterocycles. The number of para-hydroxylation sites is 1. The molecule has 0 bridgehead atoms. The van der Waals surface area contributed by atoms with Crippen LogP contribution in [0.25, 0.3) is 0 Å². The second-order valence-corrected chi connectivity index (χ2v) is 7.03. The Balaban J connectivity index is 1.81. The number of anilines is 3. The van der Waals surface area contributed by atoms with Crippen LogP contribution in [0.3, 0.4) is 0 Å². The van der Waals surface area contributed by atoms with E-state index >= 15 is 0 Å². The number of nitrogens with one attached hydrogen (secondary N) is 1. The summed E-state index contributed by atoms with van der Waals surface area (Å²) in [5.41, 5.74) is 8.38. The molecule has 0 aliphatic carbocycles. The molecule has 7 nitrogen and oxygen atoms in total. The standard InChI is InChI=1S/C16H18N6OS2/c1-3-11-6-4-5-7-13(11)22(10(2)23)16-18-12(9-25-16)8-24-15-19-14(17)20-21-15/h4-7,9H,3,8H2,1-2H3,(H3,17,19,20,21). The number of benzene rings is 1. The Morgan fingerprint density at radius 3 is 2.84 bits per heavy atom. The van der Waals surface area contributed by atoms with Crippen molar-refractivity contribution in [3.63, 3.8) is 0 Å². The maximum Gasteiger partial charge on any atom is 0.230 e. The van der Waals surface area contributed by atoms with Gasteiger partial charge in [-0.2, -0.15) is 4.98 Å². The zero-order valence-corrected chi connectivity index (χ0v) is 15.5. The normalized spacial score (nSPS) is 10.8. The lowest BCUT2D eigenvalue weighted by atomic mass is 10.1. The molecule has 0 spiro atoms. The third-order valence-electron chi connectivity index (χ3n) is 3.49. The van der Waals surface area contributed by atoms with Crippen LogP contribution in [0.2, 0.25) is 0 Å². The summed E-state index contributed by atoms with van der Waals surface area (Å²) in [6.45, 7) is 3.63. The molecule has 1 aromatic carbocycles. The van der Waals surface area contributed by atoms with Gasteiger partial charge in [0.1, 0.15) is 0 Å². The molecular formula is C16H18N6OS2. The van der Waals surface area contributed by atoms with Crippen molar-refractivity contribution in [2.45, 2.75) is 31.2 Å². The van der Waals surface area contributed by atoms with Crippen molar-refractivity contribution in [1.82, 2.24) is 20.2 Å². The number of hydrogen-bond acceptors (Lipinski definition) is 7. The number of carbonyl (C=O) groups excluding carboxylic acids is 1. The minimum atomic E-state index is -0.0591. The summed E-state index contributed by atoms with van der Waals surface area (Å²) in [7, 11) is 0. The zero-order chi connectivity index (χ0) is 17.8. The van der Waals surface area contributed by atoms with Crippen LogP contribution in [-0.2, 0) is 17.0 Å². The van der Waals surface area contributed by atoms with Crippen LogP contribution in [0, 0.1) is 0 Å². The Hall–Kier alpha value is -2.39. The lowest BCUT2D eigenvalue weighted by Gasteiger charge is -2.20. The van der Waals surface area contributed by atoms with Gasteiger partial charge in [-0.25, -0.2) is 10.1 Å². The number of thiazole rings is 1. The van der Waals surface area contributed by atoms with Gasteiger partial charge in [-0.1, -0.05) is 36.9 Å². The van der Waals surface area contributed by atoms with Gasteiger partial charge < -0.3 is 5.73 Å². The van der Waals surface area contributed by atoms with Crippen LogP contribution in [0.15, 0.2) is 34.8 Å². The number of rotatable bonds is 6. The maximum absolute atomic E-state index is 12.3. The Kier molecular flexibility index (Phi) is 5.34. The molecule has 3 aromatic rings. The van der Waals surface area contributed by atoms with Crippen molar-refractivity contribution in [1.29, 1.82) is 0 Å². The number of amides is 1. The Morgan fingerprint density at radius 2 is 2.16 bits per heavy atom. The van der Waals surface area contributed by atoms with E-state index in [2.05, 4.69) is 27.1 Å². The van der Waals surface area contributed by atoms with Crippen LogP contribution in [0.1, 0.15) is 25.1 Å². The van der Waals surface area contributed by atoms with E-state index in [1.165, 1.54) is 23.1 Å². The van der Waals surface area contributed by atoms with E-state index in [1.807, 2.05) is 29.6 Å². The Morgan fingerprint density at radius 1 is 1.36 bits per heavy atom. The first-order chi connectivity index (χ1) is 12.1. The first-order valence-corrected chi connectivity index (χ1v) is 9.58. The number of aromatic nitrogens is 4. The number of nitrogens with zero attached hydrogens (tertiary/aromatic N) is 4. The maximum atomic E-state index is 12.3. The molecule has 0 aliphatic heterocycles. The molecule has 0 fully saturated rings. The SMILES string of the molecule is CCc1ccccc1N(C(C)=O)c1nc(CSc2n[nH]c(N)n2)cs1. The Labute approximate surface area is 153 Å². The first-order valence-electron chi connectivity index (χ1n) is 7.72. The average molecular weight is 374 g/mol. The van der Waals surface area contributed by atoms with Crippen molar-refractivity contribution < 1.29 is 4.79 Å². The molecule has 3 N–H and O–H groups in total. The quantitative estimate of drug-likeness (QED) is 0.642. The van der Waals surface area contributed by atoms with Crippen LogP contribution in [-0.4, -0.2) is 26.1 Å². The number of H-pyrrole nitrogens is 1. The summed E-state index contributed by atoms with van der Waals surface area (Å²) < 4.78 is 0. The van der Waals surface area contributed by atoms with E-state index in [9.17, 15) is 4.79 Å². The smallest absolute Gasteiger partial charge is 0.230 e. The van der Waals surface area contributed by atoms with Crippen molar-refractivity contribution >= 4 is 45.8 Å². The van der Waals surface area contributed by atoms with Gasteiger partial charge in [0.2, 0.25) is 17.0 Å². The van der Waals surface area contributed by atoms with E-state index in [0.29, 0.717) is 22.0 Å². The molecule has 130 valence electrons. The predicted octanol–water partition coefficient (Wildman–Crippen LogP) is 3.38. The largest absolute Gasteiger partial charge is 0.368 e. The van der Waals surface area contributed by atoms with Crippen molar-refractivity contribution in [3.8, 4) is 0 Å². The highest BCUT2D eigenvalue weighted by molar-refractivity contribution is 7.98. The zero-order valence-electron chi connectivity index (χ0n) is 13.9. The van der Waals surface area contributed by atoms with Crippen molar-refractivity contribution in [2.24, 2.45) is 0 Å². The van der Waals surface area contributed by atoms with Gasteiger partial charge >= 0.3 is 0 Å². The molecule has 0 aliphatic rings. The number of nitrogen functional groups attached to an aromatic ring is 1. The molecule has 2 aromatic heterocycles. The van der Waals surface area contributed by atoms with Gasteiger partial charge in [0.25, 0.3) is 0 Å². The van der Waals surface area contributed by atoms with Crippen molar-refractivity contribution in [2.75, 3.05) is 10.6 Å². The topological polar surface area (TPSA) is 101 Å². The summed E-state index contributed by atoms with van der Waals surface area (Å²) in [4.78, 5) is 22.6. The summed E-state index contributed by atoms with van der Waals surface area (Å²) in [6.07, 6.45) is 0.848. The van der Waals surface area contributed by atoms with E-state index in [1.54, 1.807) is 11.8 Å². The number of aryl methyl sites for hydroxylation is 1. The van der Waals surface area contributed by atoms with Gasteiger partial charge in [-0.15, -0.1) is 16.4 Å². The van der Waals surface area contributed by atoms with Crippen LogP contribution >= 0.6 is 23.1 Å². The van der Waals surface area contributed by atoms with Crippen LogP contribution < -0.4 is 10.6 Å². The van der Waals surface area contributed by atoms with Gasteiger partial charge in [0.15, 0.2) is 5.13 Å². The monoisotopic (exact) mass is 374 g/mol. The summed E-state index contributed by atoms with van der Waals surface area (Å²) in [5.74, 6) is 0.839. The van der Waals surface area contributed by atoms with E-state index < -0.39 is 0 Å². The molecule has 3 rings (SSSR count). The third kappa shape index (κ3) is 3.99. The summed E-state index contributed by atoms with van der Waals surface area (Å²) >= 11 is 2.89. The highest BCUT2D eigenvalue weighted by Crippen LogP contribution is 2.32. The Bertz CT molecular complexity index is 875. The second-order valence-electron chi connectivity index (χ2n) is 5.25. The number of nitrogens with two attached hydrogens (primary N) is 1. The fourth-order valence-electron chi connectivity index (χ4n) is 2.36. The predicted molar refractivity (Wildman–Crippen MR) is 101 cm³/mol. The molecule has 0 radical (unpaired) electrons. The molecule has 0 saturated carbocycles. The third-order valence-corrected chi connectivity index (χ3v) is 5.25. The molecule has 1 amide bonds. The highest BCUT2D eigenvalue weighted by Gasteiger charge is 2.20. The fraction of sp³-hybridized carbons (Fsp3) is 0.250. The lowest BCUT2D eigenvalue weighted by molar-refractivity contribution is -0.115. The average Bonchev–Trinajstić information content (AvgIpc) is 3.22. The number of carbonyl (C=O) groups is 1. The van der Waals surface area contributed by atoms with Crippen LogP contribution in [0.4, 0.5) is 16.8 Å². The van der Waals surface area contributed by atoms with E-state index in [4.69, 9.17) is 5.73 Å². The fourth-order valence-corrected chi connectivity index (χ4v) is 4.04. The summed E-state index contributed by atoms with van der Waals surface area (Å²) in [6, 6.07) is 7.89. The van der Waals surface area contributed by atoms with Crippen LogP contribution in [0.5, 0.6) is 0 Å². The number of aromatic amines is 1. The molecule has 25 heavy (non-hydrogen) atoms. The van der Waals surface area contributed by atoms with Crippen molar-refractivity contribution in [3.05, 3.63) is 40.9 Å². The molecule has 0 unspecified atom stereocenters. The minimum Gasteiger partial charge on any atom is -0.368 e. The van der Waals surface area contributed by atoms with Gasteiger partial charge in [0.05, 0.1) is 11.4 Å². The van der Waals surface area contributed by atoms with Gasteiger partial charge in [-0.05, 0) is 18.1 Å². The lowest BCUT2D eigenvalue weighted by Crippen LogP contribution is -2.23. The second kappa shape index (κ2) is 7.66. The molecule has 9 heteroatoms. The molecular weight excluding hydrogens is 356 g/mol. The number of thioether (sulfide) groups is 1. The highest BCUT2D eigenvalue weighted by atomic mass is 32.2. The number of hydrogen-bond donors (Lipinski definition) is 2. The first kappa shape index (κ1) is 17.4. The minimum absolute atomic E-state index is 0.0591. The van der Waals surface area contributed by atoms with Gasteiger partial charge in [-0.3, -0.25) is 9.69 Å². The van der Waals surface area contributed by atoms with E-state index in [-0.39, 0.29) is 5.91 Å². The molecule has 0 atom stereocenters. The van der Waals surface area contributed by atoms with Gasteiger partial charge in [0, 0.05) is 18.1 Å². The van der Waals surface area contributed by atoms with E-state index in [0.717, 1.165) is 23.4 Å².